The number of carboxylic acids is 2. The van der Waals surface area contributed by atoms with Gasteiger partial charge in [-0.1, -0.05) is 57.9 Å². The number of aliphatic carboxylic acids is 2. The fraction of sp³-hybridized carbons (Fsp3) is 0.630. The molecule has 5 unspecified atom stereocenters. The number of likely N-dealkylation sites (N-methyl/N-ethyl adjacent to an activating group) is 1. The van der Waals surface area contributed by atoms with Crippen LogP contribution in [0.3, 0.4) is 0 Å². The highest BCUT2D eigenvalue weighted by Gasteiger charge is 2.39. The fourth-order valence-corrected chi connectivity index (χ4v) is 9.05. The summed E-state index contributed by atoms with van der Waals surface area (Å²) in [4.78, 5) is 87.3. The SMILES string of the molecule is CCC(C)C(NC(=O)[C@H]1CCCCN1C)C(=O)N(CCCCc1cn(CC(=O)O)nn1)C(CC(OC(C)=O)c1nc(C(=O)NC(Cc2ccc(N)cc2)CC(C)(C)C(=O)O)cs1)C(C)C. The summed E-state index contributed by atoms with van der Waals surface area (Å²) in [6.45, 7) is 13.1. The predicted molar refractivity (Wildman–Crippen MR) is 246 cm³/mol. The highest BCUT2D eigenvalue weighted by molar-refractivity contribution is 7.09. The number of aryl methyl sites for hydroxylation is 1. The average molecular weight is 924 g/mol. The van der Waals surface area contributed by atoms with Gasteiger partial charge in [0.15, 0.2) is 6.10 Å². The van der Waals surface area contributed by atoms with Gasteiger partial charge in [-0.15, -0.1) is 16.4 Å². The number of rotatable bonds is 25. The molecule has 3 heterocycles. The number of hydrogen-bond donors (Lipinski definition) is 5. The van der Waals surface area contributed by atoms with Gasteiger partial charge in [0.25, 0.3) is 5.91 Å². The Labute approximate surface area is 386 Å². The molecule has 1 fully saturated rings. The first kappa shape index (κ1) is 52.2. The zero-order valence-corrected chi connectivity index (χ0v) is 39.9. The zero-order valence-electron chi connectivity index (χ0n) is 39.1. The highest BCUT2D eigenvalue weighted by Crippen LogP contribution is 2.32. The van der Waals surface area contributed by atoms with Gasteiger partial charge in [0.05, 0.1) is 17.2 Å². The highest BCUT2D eigenvalue weighted by atomic mass is 32.1. The summed E-state index contributed by atoms with van der Waals surface area (Å²) in [7, 11) is 1.92. The van der Waals surface area contributed by atoms with Crippen LogP contribution in [0.2, 0.25) is 0 Å². The maximum atomic E-state index is 15.1. The van der Waals surface area contributed by atoms with Crippen LogP contribution in [0.25, 0.3) is 0 Å². The molecule has 2 aromatic heterocycles. The van der Waals surface area contributed by atoms with Crippen molar-refractivity contribution < 1.29 is 43.7 Å². The van der Waals surface area contributed by atoms with Gasteiger partial charge in [-0.25, -0.2) is 9.67 Å². The number of nitrogens with two attached hydrogens (primary N) is 1. The van der Waals surface area contributed by atoms with E-state index in [0.717, 1.165) is 36.3 Å². The number of nitrogens with zero attached hydrogens (tertiary/aromatic N) is 6. The van der Waals surface area contributed by atoms with Crippen LogP contribution in [-0.4, -0.2) is 120 Å². The summed E-state index contributed by atoms with van der Waals surface area (Å²) in [6.07, 6.45) is 6.10. The number of piperidine rings is 1. The number of amides is 3. The second-order valence-electron chi connectivity index (χ2n) is 18.4. The molecular formula is C46H69N9O9S. The van der Waals surface area contributed by atoms with Gasteiger partial charge in [-0.3, -0.25) is 33.7 Å². The number of nitrogen functional groups attached to an aromatic ring is 1. The number of benzene rings is 1. The Hall–Kier alpha value is -5.43. The van der Waals surface area contributed by atoms with Crippen molar-refractivity contribution in [3.63, 3.8) is 0 Å². The number of aromatic nitrogens is 4. The van der Waals surface area contributed by atoms with E-state index < -0.39 is 53.5 Å². The van der Waals surface area contributed by atoms with Crippen LogP contribution in [0.5, 0.6) is 0 Å². The molecule has 0 radical (unpaired) electrons. The summed E-state index contributed by atoms with van der Waals surface area (Å²) in [5.74, 6) is -3.96. The molecule has 0 bridgehead atoms. The Morgan fingerprint density at radius 3 is 2.37 bits per heavy atom. The van der Waals surface area contributed by atoms with Crippen LogP contribution >= 0.6 is 11.3 Å². The summed E-state index contributed by atoms with van der Waals surface area (Å²) in [5, 5.41) is 35.2. The smallest absolute Gasteiger partial charge is 0.325 e. The number of carbonyl (C=O) groups excluding carboxylic acids is 4. The maximum absolute atomic E-state index is 15.1. The Bertz CT molecular complexity index is 2070. The van der Waals surface area contributed by atoms with E-state index in [4.69, 9.17) is 15.6 Å². The molecule has 1 aliphatic rings. The molecule has 1 aliphatic heterocycles. The molecule has 358 valence electrons. The second-order valence-corrected chi connectivity index (χ2v) is 19.3. The Morgan fingerprint density at radius 1 is 1.05 bits per heavy atom. The number of esters is 1. The van der Waals surface area contributed by atoms with E-state index in [-0.39, 0.29) is 61.3 Å². The van der Waals surface area contributed by atoms with Crippen LogP contribution < -0.4 is 16.4 Å². The minimum atomic E-state index is -1.15. The van der Waals surface area contributed by atoms with Crippen LogP contribution in [0.1, 0.15) is 133 Å². The third-order valence-electron chi connectivity index (χ3n) is 12.2. The van der Waals surface area contributed by atoms with E-state index in [1.54, 1.807) is 42.5 Å². The van der Waals surface area contributed by atoms with Gasteiger partial charge in [-0.05, 0) is 102 Å². The molecule has 6 atom stereocenters. The molecule has 19 heteroatoms. The number of anilines is 1. The van der Waals surface area contributed by atoms with Gasteiger partial charge in [0, 0.05) is 49.2 Å². The lowest BCUT2D eigenvalue weighted by Crippen LogP contribution is -2.59. The van der Waals surface area contributed by atoms with E-state index in [9.17, 15) is 29.1 Å². The van der Waals surface area contributed by atoms with Gasteiger partial charge >= 0.3 is 17.9 Å². The van der Waals surface area contributed by atoms with Gasteiger partial charge in [-0.2, -0.15) is 0 Å². The van der Waals surface area contributed by atoms with Crippen LogP contribution in [0.15, 0.2) is 35.8 Å². The van der Waals surface area contributed by atoms with Crippen molar-refractivity contribution in [2.45, 2.75) is 149 Å². The third-order valence-corrected chi connectivity index (χ3v) is 13.1. The van der Waals surface area contributed by atoms with E-state index in [1.807, 2.05) is 51.8 Å². The predicted octanol–water partition coefficient (Wildman–Crippen LogP) is 5.13. The molecule has 3 amide bonds. The lowest BCUT2D eigenvalue weighted by atomic mass is 9.84. The molecular weight excluding hydrogens is 855 g/mol. The molecule has 65 heavy (non-hydrogen) atoms. The van der Waals surface area contributed by atoms with Gasteiger partial charge < -0.3 is 36.2 Å². The van der Waals surface area contributed by atoms with E-state index in [0.29, 0.717) is 54.9 Å². The first-order valence-corrected chi connectivity index (χ1v) is 23.5. The minimum absolute atomic E-state index is 0.0686. The van der Waals surface area contributed by atoms with E-state index >= 15 is 4.79 Å². The van der Waals surface area contributed by atoms with Crippen molar-refractivity contribution in [2.75, 3.05) is 25.9 Å². The lowest BCUT2D eigenvalue weighted by molar-refractivity contribution is -0.150. The summed E-state index contributed by atoms with van der Waals surface area (Å²) in [5.41, 5.74) is 6.86. The lowest BCUT2D eigenvalue weighted by Gasteiger charge is -2.40. The van der Waals surface area contributed by atoms with Crippen molar-refractivity contribution in [1.29, 1.82) is 0 Å². The molecule has 3 aromatic rings. The molecule has 1 saturated heterocycles. The molecule has 18 nitrogen and oxygen atoms in total. The molecule has 6 N–H and O–H groups in total. The van der Waals surface area contributed by atoms with Gasteiger partial charge in [0.2, 0.25) is 11.8 Å². The number of thiazole rings is 1. The standard InChI is InChI=1S/C46H69N9O9S/c1-9-29(4)40(50-42(60)36-15-11-12-20-53(36)8)44(61)55(21-13-10-14-33-25-54(52-51-33)26-39(57)58)37(28(2)3)23-38(64-30(5)56)43-49-35(27-65-43)41(59)48-34(24-46(6,7)45(62)63)22-31-16-18-32(47)19-17-31/h16-19,25,27-29,34,36-38,40H,9-15,20-24,26,47H2,1-8H3,(H,48,59)(H,50,60)(H,57,58)(H,62,63)/t29?,34?,36-,37?,38?,40?/m1/s1. The average Bonchev–Trinajstić information content (AvgIpc) is 3.92. The first-order valence-electron chi connectivity index (χ1n) is 22.6. The zero-order chi connectivity index (χ0) is 48.0. The number of carboxylic acid groups (broad SMARTS) is 2. The number of unbranched alkanes of at least 4 members (excludes halogenated alkanes) is 1. The van der Waals surface area contributed by atoms with E-state index in [1.165, 1.54) is 11.6 Å². The molecule has 0 spiro atoms. The molecule has 4 rings (SSSR count). The first-order chi connectivity index (χ1) is 30.7. The monoisotopic (exact) mass is 923 g/mol. The minimum Gasteiger partial charge on any atom is -0.481 e. The Kier molecular flexibility index (Phi) is 19.4. The molecule has 0 saturated carbocycles. The van der Waals surface area contributed by atoms with Crippen molar-refractivity contribution in [3.8, 4) is 0 Å². The van der Waals surface area contributed by atoms with Crippen LogP contribution in [-0.2, 0) is 48.1 Å². The summed E-state index contributed by atoms with van der Waals surface area (Å²) < 4.78 is 7.19. The largest absolute Gasteiger partial charge is 0.481 e. The topological polar surface area (TPSA) is 252 Å². The van der Waals surface area contributed by atoms with Crippen molar-refractivity contribution >= 4 is 52.7 Å². The van der Waals surface area contributed by atoms with Crippen molar-refractivity contribution in [2.24, 2.45) is 17.3 Å². The van der Waals surface area contributed by atoms with E-state index in [2.05, 4.69) is 25.9 Å². The Morgan fingerprint density at radius 2 is 1.75 bits per heavy atom. The number of hydrogen-bond acceptors (Lipinski definition) is 13. The Balaban J connectivity index is 1.63. The van der Waals surface area contributed by atoms with Crippen LogP contribution in [0.4, 0.5) is 5.69 Å². The summed E-state index contributed by atoms with van der Waals surface area (Å²) in [6, 6.07) is 4.86. The third kappa shape index (κ3) is 15.6. The molecule has 0 aliphatic carbocycles. The van der Waals surface area contributed by atoms with Crippen molar-refractivity contribution in [1.82, 2.24) is 40.4 Å². The molecule has 1 aromatic carbocycles. The van der Waals surface area contributed by atoms with Crippen molar-refractivity contribution in [3.05, 3.63) is 57.8 Å². The normalized spacial score (nSPS) is 16.8. The number of ether oxygens (including phenoxy) is 1. The maximum Gasteiger partial charge on any atom is 0.325 e. The fourth-order valence-electron chi connectivity index (χ4n) is 8.21. The summed E-state index contributed by atoms with van der Waals surface area (Å²) >= 11 is 1.14. The van der Waals surface area contributed by atoms with Gasteiger partial charge in [0.1, 0.15) is 23.3 Å². The number of nitrogens with one attached hydrogen (secondary N) is 2. The van der Waals surface area contributed by atoms with Crippen LogP contribution in [0, 0.1) is 17.3 Å². The quantitative estimate of drug-likeness (QED) is 0.0420. The second kappa shape index (κ2) is 24.2. The number of carbonyl (C=O) groups is 6. The number of likely N-dealkylation sites (tertiary alicyclic amines) is 1.